The number of carbonyl (C=O) groups is 1. The van der Waals surface area contributed by atoms with Gasteiger partial charge in [0.05, 0.1) is 0 Å². The Balaban J connectivity index is 0.000000247. The van der Waals surface area contributed by atoms with E-state index in [1.54, 1.807) is 0 Å². The molecule has 180 valence electrons. The second-order valence-electron chi connectivity index (χ2n) is 9.62. The smallest absolute Gasteiger partial charge is 0.158 e. The summed E-state index contributed by atoms with van der Waals surface area (Å²) in [7, 11) is 0. The van der Waals surface area contributed by atoms with Gasteiger partial charge in [-0.05, 0) is 93.7 Å². The molecule has 0 radical (unpaired) electrons. The van der Waals surface area contributed by atoms with Gasteiger partial charge in [0.25, 0.3) is 0 Å². The molecule has 0 amide bonds. The maximum absolute atomic E-state index is 11.2. The molecule has 3 nitrogen and oxygen atoms in total. The van der Waals surface area contributed by atoms with Crippen LogP contribution in [0.5, 0.6) is 5.75 Å². The molecule has 3 heteroatoms. The van der Waals surface area contributed by atoms with Gasteiger partial charge in [-0.25, -0.2) is 0 Å². The van der Waals surface area contributed by atoms with E-state index in [1.165, 1.54) is 5.56 Å². The summed E-state index contributed by atoms with van der Waals surface area (Å²) in [5.41, 5.74) is 6.26. The van der Waals surface area contributed by atoms with Crippen molar-refractivity contribution in [1.29, 1.82) is 0 Å². The Morgan fingerprint density at radius 1 is 0.970 bits per heavy atom. The molecule has 0 fully saturated rings. The van der Waals surface area contributed by atoms with E-state index >= 15 is 0 Å². The summed E-state index contributed by atoms with van der Waals surface area (Å²) in [6.07, 6.45) is 8.58. The third-order valence-corrected chi connectivity index (χ3v) is 6.25. The molecule has 1 aromatic rings. The number of aliphatic hydroxyl groups excluding tert-OH is 1. The Kier molecular flexibility index (Phi) is 11.1. The van der Waals surface area contributed by atoms with Crippen molar-refractivity contribution in [2.24, 2.45) is 11.8 Å². The average molecular weight is 451 g/mol. The Bertz CT molecular complexity index is 951. The summed E-state index contributed by atoms with van der Waals surface area (Å²) in [5, 5.41) is 18.7. The van der Waals surface area contributed by atoms with Crippen LogP contribution < -0.4 is 0 Å². The minimum atomic E-state index is 0.282. The first-order chi connectivity index (χ1) is 15.3. The summed E-state index contributed by atoms with van der Waals surface area (Å²) < 4.78 is 0. The second kappa shape index (κ2) is 13.0. The van der Waals surface area contributed by atoms with Crippen LogP contribution in [0.4, 0.5) is 0 Å². The number of hydrogen-bond donors (Lipinski definition) is 2. The maximum atomic E-state index is 11.2. The van der Waals surface area contributed by atoms with E-state index in [4.69, 9.17) is 0 Å². The highest BCUT2D eigenvalue weighted by Gasteiger charge is 2.19. The van der Waals surface area contributed by atoms with Crippen molar-refractivity contribution in [2.45, 2.75) is 73.6 Å². The lowest BCUT2D eigenvalue weighted by Crippen LogP contribution is -2.14. The zero-order valence-corrected chi connectivity index (χ0v) is 21.5. The van der Waals surface area contributed by atoms with Crippen LogP contribution in [-0.4, -0.2) is 16.0 Å². The molecule has 3 rings (SSSR count). The van der Waals surface area contributed by atoms with Gasteiger partial charge in [-0.1, -0.05) is 62.4 Å². The van der Waals surface area contributed by atoms with E-state index < -0.39 is 0 Å². The molecule has 2 aliphatic rings. The number of ketones is 1. The quantitative estimate of drug-likeness (QED) is 0.455. The first-order valence-corrected chi connectivity index (χ1v) is 11.7. The summed E-state index contributed by atoms with van der Waals surface area (Å²) in [5.74, 6) is 2.30. The van der Waals surface area contributed by atoms with Gasteiger partial charge in [0.15, 0.2) is 5.78 Å². The molecule has 0 bridgehead atoms. The van der Waals surface area contributed by atoms with Gasteiger partial charge in [-0.2, -0.15) is 0 Å². The molecule has 0 spiro atoms. The van der Waals surface area contributed by atoms with Crippen LogP contribution in [0.3, 0.4) is 0 Å². The van der Waals surface area contributed by atoms with Crippen LogP contribution in [0.2, 0.25) is 0 Å². The lowest BCUT2D eigenvalue weighted by molar-refractivity contribution is -0.116. The SMILES string of the molecule is C=C(C)C1C=C(O)C(C)=CC1.C=C(C)C1CC=C(C)C(=O)C1.Cc1ccc(C(C)C)cc1O. The molecule has 1 aromatic carbocycles. The van der Waals surface area contributed by atoms with Crippen molar-refractivity contribution < 1.29 is 15.0 Å². The van der Waals surface area contributed by atoms with E-state index in [0.29, 0.717) is 35.7 Å². The van der Waals surface area contributed by atoms with Crippen LogP contribution in [0, 0.1) is 18.8 Å². The normalized spacial score (nSPS) is 19.8. The van der Waals surface area contributed by atoms with E-state index in [1.807, 2.05) is 58.9 Å². The largest absolute Gasteiger partial charge is 0.508 e. The zero-order valence-electron chi connectivity index (χ0n) is 21.5. The summed E-state index contributed by atoms with van der Waals surface area (Å²) >= 11 is 0. The lowest BCUT2D eigenvalue weighted by Gasteiger charge is -2.18. The maximum Gasteiger partial charge on any atom is 0.158 e. The van der Waals surface area contributed by atoms with Gasteiger partial charge < -0.3 is 10.2 Å². The Labute approximate surface area is 200 Å². The van der Waals surface area contributed by atoms with Crippen molar-refractivity contribution in [1.82, 2.24) is 0 Å². The fraction of sp³-hybridized carbons (Fsp3) is 0.433. The standard InChI is InChI=1S/3C10H14O/c3*1-7(2)9-5-4-8(3)10(11)6-9/h4-7,11H,1-3H3;4,9H,1,5-6H2,2-3H3;4,6,9,11H,1,5H2,2-3H3. The molecule has 0 heterocycles. The molecule has 0 saturated carbocycles. The Hall–Kier alpha value is -2.81. The van der Waals surface area contributed by atoms with Crippen LogP contribution in [-0.2, 0) is 4.79 Å². The number of allylic oxidation sites excluding steroid dienone is 7. The van der Waals surface area contributed by atoms with Gasteiger partial charge in [0.2, 0.25) is 0 Å². The first kappa shape index (κ1) is 28.2. The topological polar surface area (TPSA) is 57.5 Å². The number of rotatable bonds is 3. The van der Waals surface area contributed by atoms with Crippen molar-refractivity contribution in [3.8, 4) is 5.75 Å². The summed E-state index contributed by atoms with van der Waals surface area (Å²) in [4.78, 5) is 11.2. The van der Waals surface area contributed by atoms with E-state index in [2.05, 4.69) is 39.1 Å². The van der Waals surface area contributed by atoms with Crippen molar-refractivity contribution in [3.63, 3.8) is 0 Å². The number of aromatic hydroxyl groups is 1. The third kappa shape index (κ3) is 9.29. The number of phenols is 1. The number of aliphatic hydroxyl groups is 1. The third-order valence-electron chi connectivity index (χ3n) is 6.25. The molecular formula is C30H42O3. The molecular weight excluding hydrogens is 408 g/mol. The van der Waals surface area contributed by atoms with Crippen LogP contribution >= 0.6 is 0 Å². The minimum Gasteiger partial charge on any atom is -0.508 e. The van der Waals surface area contributed by atoms with Gasteiger partial charge in [-0.3, -0.25) is 4.79 Å². The Morgan fingerprint density at radius 3 is 2.03 bits per heavy atom. The number of carbonyl (C=O) groups excluding carboxylic acids is 1. The van der Waals surface area contributed by atoms with Crippen LogP contribution in [0.25, 0.3) is 0 Å². The number of benzene rings is 1. The van der Waals surface area contributed by atoms with Gasteiger partial charge >= 0.3 is 0 Å². The van der Waals surface area contributed by atoms with Gasteiger partial charge in [0.1, 0.15) is 11.5 Å². The molecule has 2 unspecified atom stereocenters. The minimum absolute atomic E-state index is 0.282. The van der Waals surface area contributed by atoms with Crippen LogP contribution in [0.1, 0.15) is 77.8 Å². The summed E-state index contributed by atoms with van der Waals surface area (Å²) in [6, 6.07) is 5.84. The first-order valence-electron chi connectivity index (χ1n) is 11.7. The number of phenolic OH excluding ortho intramolecular Hbond substituents is 1. The highest BCUT2D eigenvalue weighted by molar-refractivity contribution is 5.95. The van der Waals surface area contributed by atoms with Crippen molar-refractivity contribution in [2.75, 3.05) is 0 Å². The van der Waals surface area contributed by atoms with Crippen molar-refractivity contribution in [3.05, 3.63) is 88.8 Å². The van der Waals surface area contributed by atoms with Gasteiger partial charge in [0, 0.05) is 12.3 Å². The van der Waals surface area contributed by atoms with Gasteiger partial charge in [-0.15, -0.1) is 0 Å². The molecule has 2 aliphatic carbocycles. The molecule has 33 heavy (non-hydrogen) atoms. The van der Waals surface area contributed by atoms with E-state index in [9.17, 15) is 15.0 Å². The average Bonchev–Trinajstić information content (AvgIpc) is 2.74. The molecule has 2 atom stereocenters. The highest BCUT2D eigenvalue weighted by Crippen LogP contribution is 2.26. The molecule has 0 aliphatic heterocycles. The monoisotopic (exact) mass is 450 g/mol. The number of Topliss-reactive ketones (excluding diaryl/α,β-unsaturated/α-hetero) is 1. The van der Waals surface area contributed by atoms with Crippen molar-refractivity contribution >= 4 is 5.78 Å². The lowest BCUT2D eigenvalue weighted by atomic mass is 9.85. The zero-order chi connectivity index (χ0) is 25.3. The predicted molar refractivity (Wildman–Crippen MR) is 141 cm³/mol. The predicted octanol–water partition coefficient (Wildman–Crippen LogP) is 8.28. The summed E-state index contributed by atoms with van der Waals surface area (Å²) in [6.45, 7) is 21.6. The number of hydrogen-bond acceptors (Lipinski definition) is 3. The highest BCUT2D eigenvalue weighted by atomic mass is 16.3. The Morgan fingerprint density at radius 2 is 1.58 bits per heavy atom. The fourth-order valence-electron chi connectivity index (χ4n) is 3.40. The van der Waals surface area contributed by atoms with E-state index in [-0.39, 0.29) is 5.78 Å². The second-order valence-corrected chi connectivity index (χ2v) is 9.62. The fourth-order valence-corrected chi connectivity index (χ4v) is 3.40. The molecule has 2 N–H and O–H groups in total. The molecule has 0 saturated heterocycles. The van der Waals surface area contributed by atoms with E-state index in [0.717, 1.165) is 40.7 Å². The van der Waals surface area contributed by atoms with Crippen LogP contribution in [0.15, 0.2) is 77.6 Å². The molecule has 0 aromatic heterocycles. The number of aryl methyl sites for hydroxylation is 1.